The Bertz CT molecular complexity index is 498. The van der Waals surface area contributed by atoms with Gasteiger partial charge in [0.25, 0.3) is 0 Å². The topological polar surface area (TPSA) is 40.5 Å². The van der Waals surface area contributed by atoms with Gasteiger partial charge in [0, 0.05) is 5.92 Å². The van der Waals surface area contributed by atoms with E-state index in [0.717, 1.165) is 18.4 Å². The molecule has 2 rings (SSSR count). The van der Waals surface area contributed by atoms with Crippen molar-refractivity contribution in [3.8, 4) is 0 Å². The van der Waals surface area contributed by atoms with Crippen LogP contribution in [0, 0.1) is 22.7 Å². The molecule has 1 unspecified atom stereocenters. The Morgan fingerprint density at radius 3 is 2.35 bits per heavy atom. The minimum Gasteiger partial charge on any atom is -0.392 e. The molecular weight excluding hydrogens is 284 g/mol. The second kappa shape index (κ2) is 6.37. The molecule has 0 aromatic carbocycles. The van der Waals surface area contributed by atoms with Gasteiger partial charge in [-0.2, -0.15) is 0 Å². The van der Waals surface area contributed by atoms with Crippen molar-refractivity contribution in [3.63, 3.8) is 0 Å². The molecule has 0 heterocycles. The highest BCUT2D eigenvalue weighted by Crippen LogP contribution is 2.63. The average molecular weight is 321 g/mol. The SMILES string of the molecule is CC(=C\CO)/C=C(\C)[C@@H]1[C@@]2(C)CCCC(C)(C)C2CC[C@@]1(C)O. The van der Waals surface area contributed by atoms with E-state index in [1.807, 2.05) is 19.9 Å². The Balaban J connectivity index is 2.46. The summed E-state index contributed by atoms with van der Waals surface area (Å²) in [6.45, 7) is 13.6. The van der Waals surface area contributed by atoms with Gasteiger partial charge in [-0.3, -0.25) is 0 Å². The van der Waals surface area contributed by atoms with Crippen LogP contribution in [0.4, 0.5) is 0 Å². The van der Waals surface area contributed by atoms with E-state index in [4.69, 9.17) is 5.11 Å². The molecule has 2 aliphatic rings. The van der Waals surface area contributed by atoms with Gasteiger partial charge in [-0.15, -0.1) is 0 Å². The molecule has 132 valence electrons. The predicted octanol–water partition coefficient (Wildman–Crippen LogP) is 4.86. The first-order valence-electron chi connectivity index (χ1n) is 9.23. The molecule has 2 saturated carbocycles. The minimum absolute atomic E-state index is 0.0730. The maximum atomic E-state index is 11.2. The van der Waals surface area contributed by atoms with Gasteiger partial charge < -0.3 is 10.2 Å². The van der Waals surface area contributed by atoms with E-state index in [1.54, 1.807) is 0 Å². The summed E-state index contributed by atoms with van der Waals surface area (Å²) < 4.78 is 0. The zero-order valence-corrected chi connectivity index (χ0v) is 15.9. The molecule has 0 radical (unpaired) electrons. The molecule has 2 aliphatic carbocycles. The van der Waals surface area contributed by atoms with Crippen molar-refractivity contribution in [2.24, 2.45) is 22.7 Å². The van der Waals surface area contributed by atoms with E-state index >= 15 is 0 Å². The van der Waals surface area contributed by atoms with E-state index in [2.05, 4.69) is 33.8 Å². The van der Waals surface area contributed by atoms with E-state index in [1.165, 1.54) is 24.8 Å². The number of hydrogen-bond donors (Lipinski definition) is 2. The Labute approximate surface area is 142 Å². The summed E-state index contributed by atoms with van der Waals surface area (Å²) in [6, 6.07) is 0. The second-order valence-corrected chi connectivity index (χ2v) is 9.25. The van der Waals surface area contributed by atoms with Crippen LogP contribution < -0.4 is 0 Å². The Morgan fingerprint density at radius 2 is 1.74 bits per heavy atom. The van der Waals surface area contributed by atoms with Crippen molar-refractivity contribution in [3.05, 3.63) is 23.3 Å². The molecule has 0 bridgehead atoms. The molecule has 0 amide bonds. The highest BCUT2D eigenvalue weighted by molar-refractivity contribution is 5.27. The molecule has 0 aromatic rings. The summed E-state index contributed by atoms with van der Waals surface area (Å²) in [7, 11) is 0. The van der Waals surface area contributed by atoms with E-state index in [-0.39, 0.29) is 17.9 Å². The fraction of sp³-hybridized carbons (Fsp3) is 0.810. The summed E-state index contributed by atoms with van der Waals surface area (Å²) in [5.74, 6) is 0.856. The maximum absolute atomic E-state index is 11.2. The normalized spacial score (nSPS) is 41.6. The van der Waals surface area contributed by atoms with Crippen LogP contribution in [-0.4, -0.2) is 22.4 Å². The molecule has 2 fully saturated rings. The number of aliphatic hydroxyl groups is 2. The van der Waals surface area contributed by atoms with Gasteiger partial charge in [0.1, 0.15) is 0 Å². The van der Waals surface area contributed by atoms with Gasteiger partial charge in [-0.25, -0.2) is 0 Å². The molecule has 0 aromatic heterocycles. The van der Waals surface area contributed by atoms with Crippen LogP contribution in [0.1, 0.15) is 73.6 Å². The van der Waals surface area contributed by atoms with Crippen molar-refractivity contribution < 1.29 is 10.2 Å². The van der Waals surface area contributed by atoms with Crippen molar-refractivity contribution in [2.45, 2.75) is 79.2 Å². The smallest absolute Gasteiger partial charge is 0.0690 e. The molecule has 4 atom stereocenters. The van der Waals surface area contributed by atoms with Gasteiger partial charge in [-0.05, 0) is 63.2 Å². The first-order valence-corrected chi connectivity index (χ1v) is 9.23. The third kappa shape index (κ3) is 3.44. The summed E-state index contributed by atoms with van der Waals surface area (Å²) in [6.07, 6.45) is 9.78. The van der Waals surface area contributed by atoms with Crippen LogP contribution in [0.5, 0.6) is 0 Å². The lowest BCUT2D eigenvalue weighted by Crippen LogP contribution is -2.57. The highest BCUT2D eigenvalue weighted by atomic mass is 16.3. The Hall–Kier alpha value is -0.600. The van der Waals surface area contributed by atoms with Crippen LogP contribution in [0.2, 0.25) is 0 Å². The zero-order chi connectivity index (χ0) is 17.5. The van der Waals surface area contributed by atoms with Gasteiger partial charge in [0.15, 0.2) is 0 Å². The lowest BCUT2D eigenvalue weighted by molar-refractivity contribution is -0.153. The Morgan fingerprint density at radius 1 is 1.09 bits per heavy atom. The average Bonchev–Trinajstić information content (AvgIpc) is 2.35. The van der Waals surface area contributed by atoms with Gasteiger partial charge in [0.2, 0.25) is 0 Å². The number of hydrogen-bond acceptors (Lipinski definition) is 2. The summed E-state index contributed by atoms with van der Waals surface area (Å²) >= 11 is 0. The van der Waals surface area contributed by atoms with Gasteiger partial charge >= 0.3 is 0 Å². The molecule has 23 heavy (non-hydrogen) atoms. The minimum atomic E-state index is -0.640. The van der Waals surface area contributed by atoms with Gasteiger partial charge in [0.05, 0.1) is 12.2 Å². The van der Waals surface area contributed by atoms with Crippen LogP contribution in [0.3, 0.4) is 0 Å². The monoisotopic (exact) mass is 320 g/mol. The van der Waals surface area contributed by atoms with E-state index < -0.39 is 5.60 Å². The molecular formula is C21H36O2. The third-order valence-electron chi connectivity index (χ3n) is 6.82. The molecule has 2 N–H and O–H groups in total. The molecule has 0 saturated heterocycles. The van der Waals surface area contributed by atoms with Crippen molar-refractivity contribution in [1.29, 1.82) is 0 Å². The molecule has 2 heteroatoms. The lowest BCUT2D eigenvalue weighted by Gasteiger charge is -2.61. The summed E-state index contributed by atoms with van der Waals surface area (Å²) in [5, 5.41) is 20.3. The second-order valence-electron chi connectivity index (χ2n) is 9.25. The van der Waals surface area contributed by atoms with E-state index in [0.29, 0.717) is 11.3 Å². The van der Waals surface area contributed by atoms with Crippen molar-refractivity contribution >= 4 is 0 Å². The summed E-state index contributed by atoms with van der Waals surface area (Å²) in [4.78, 5) is 0. The first kappa shape index (κ1) is 18.7. The van der Waals surface area contributed by atoms with Crippen LogP contribution >= 0.6 is 0 Å². The highest BCUT2D eigenvalue weighted by Gasteiger charge is 2.58. The summed E-state index contributed by atoms with van der Waals surface area (Å²) in [5.41, 5.74) is 2.23. The molecule has 0 aliphatic heterocycles. The van der Waals surface area contributed by atoms with E-state index in [9.17, 15) is 5.11 Å². The van der Waals surface area contributed by atoms with Crippen molar-refractivity contribution in [1.82, 2.24) is 0 Å². The van der Waals surface area contributed by atoms with Crippen molar-refractivity contribution in [2.75, 3.05) is 6.61 Å². The van der Waals surface area contributed by atoms with Crippen LogP contribution in [0.15, 0.2) is 23.3 Å². The number of aliphatic hydroxyl groups excluding tert-OH is 1. The fourth-order valence-electron chi connectivity index (χ4n) is 6.18. The Kier molecular flexibility index (Phi) is 5.19. The number of rotatable bonds is 3. The lowest BCUT2D eigenvalue weighted by atomic mass is 9.44. The standard InChI is InChI=1S/C21H36O2/c1-15(9-13-22)14-16(2)18-20(5)11-7-10-19(3,4)17(20)8-12-21(18,6)23/h9,14,17-18,22-23H,7-8,10-13H2,1-6H3/b15-9+,16-14+/t17?,18-,20+,21-/m1/s1. The maximum Gasteiger partial charge on any atom is 0.0690 e. The number of allylic oxidation sites excluding steroid dienone is 2. The predicted molar refractivity (Wildman–Crippen MR) is 97.2 cm³/mol. The zero-order valence-electron chi connectivity index (χ0n) is 15.9. The molecule has 2 nitrogen and oxygen atoms in total. The van der Waals surface area contributed by atoms with Crippen LogP contribution in [0.25, 0.3) is 0 Å². The number of fused-ring (bicyclic) bond motifs is 1. The first-order chi connectivity index (χ1) is 10.5. The third-order valence-corrected chi connectivity index (χ3v) is 6.82. The largest absolute Gasteiger partial charge is 0.392 e. The van der Waals surface area contributed by atoms with Gasteiger partial charge in [-0.1, -0.05) is 50.5 Å². The fourth-order valence-corrected chi connectivity index (χ4v) is 6.18. The van der Waals surface area contributed by atoms with Crippen LogP contribution in [-0.2, 0) is 0 Å². The molecule has 0 spiro atoms. The quantitative estimate of drug-likeness (QED) is 0.729.